The summed E-state index contributed by atoms with van der Waals surface area (Å²) in [5, 5.41) is 26.3. The Bertz CT molecular complexity index is 1140. The van der Waals surface area contributed by atoms with E-state index in [1.165, 1.54) is 24.7 Å². The third-order valence-electron chi connectivity index (χ3n) is 6.15. The van der Waals surface area contributed by atoms with Crippen molar-refractivity contribution in [3.63, 3.8) is 0 Å². The topological polar surface area (TPSA) is 243 Å². The molecule has 1 aromatic heterocycles. The van der Waals surface area contributed by atoms with Gasteiger partial charge in [-0.3, -0.25) is 19.2 Å². The molecule has 0 aliphatic carbocycles. The van der Waals surface area contributed by atoms with Crippen molar-refractivity contribution < 1.29 is 34.2 Å². The first-order valence-electron chi connectivity index (χ1n) is 12.3. The van der Waals surface area contributed by atoms with Crippen LogP contribution in [0.2, 0.25) is 0 Å². The van der Waals surface area contributed by atoms with Crippen LogP contribution in [-0.4, -0.2) is 73.9 Å². The Morgan fingerprint density at radius 2 is 1.62 bits per heavy atom. The summed E-state index contributed by atoms with van der Waals surface area (Å²) < 4.78 is 0. The molecule has 0 spiro atoms. The zero-order valence-corrected chi connectivity index (χ0v) is 21.7. The molecule has 0 saturated heterocycles. The van der Waals surface area contributed by atoms with Gasteiger partial charge in [0.25, 0.3) is 0 Å². The summed E-state index contributed by atoms with van der Waals surface area (Å²) in [7, 11) is 0. The number of carbonyl (C=O) groups is 5. The van der Waals surface area contributed by atoms with Crippen LogP contribution in [0.1, 0.15) is 37.9 Å². The molecule has 4 amide bonds. The van der Waals surface area contributed by atoms with Crippen LogP contribution < -0.4 is 27.4 Å². The maximum absolute atomic E-state index is 13.2. The molecule has 10 N–H and O–H groups in total. The van der Waals surface area contributed by atoms with E-state index in [0.29, 0.717) is 17.7 Å². The van der Waals surface area contributed by atoms with E-state index in [1.54, 1.807) is 26.0 Å². The Morgan fingerprint density at radius 3 is 2.15 bits per heavy atom. The number of aliphatic carboxylic acids is 1. The predicted molar refractivity (Wildman–Crippen MR) is 139 cm³/mol. The number of nitrogens with one attached hydrogen (secondary N) is 4. The number of H-pyrrole nitrogens is 1. The van der Waals surface area contributed by atoms with E-state index in [-0.39, 0.29) is 24.5 Å². The summed E-state index contributed by atoms with van der Waals surface area (Å²) in [5.41, 5.74) is 12.4. The van der Waals surface area contributed by atoms with Crippen molar-refractivity contribution in [2.75, 3.05) is 0 Å². The van der Waals surface area contributed by atoms with Gasteiger partial charge in [0.05, 0.1) is 18.8 Å². The van der Waals surface area contributed by atoms with E-state index in [9.17, 15) is 34.2 Å². The fraction of sp³-hybridized carbons (Fsp3) is 0.440. The number of primary amides is 1. The normalized spacial score (nSPS) is 14.7. The molecule has 39 heavy (non-hydrogen) atoms. The fourth-order valence-electron chi connectivity index (χ4n) is 3.70. The minimum atomic E-state index is -1.49. The third kappa shape index (κ3) is 9.74. The number of aromatic hydroxyl groups is 1. The van der Waals surface area contributed by atoms with Crippen LogP contribution in [0.5, 0.6) is 5.75 Å². The summed E-state index contributed by atoms with van der Waals surface area (Å²) in [4.78, 5) is 68.9. The number of aromatic amines is 1. The van der Waals surface area contributed by atoms with Gasteiger partial charge >= 0.3 is 5.97 Å². The molecule has 14 nitrogen and oxygen atoms in total. The summed E-state index contributed by atoms with van der Waals surface area (Å²) >= 11 is 0. The first-order chi connectivity index (χ1) is 18.4. The number of benzene rings is 1. The first-order valence-corrected chi connectivity index (χ1v) is 12.3. The van der Waals surface area contributed by atoms with Gasteiger partial charge in [-0.2, -0.15) is 0 Å². The first kappa shape index (κ1) is 30.8. The maximum Gasteiger partial charge on any atom is 0.326 e. The predicted octanol–water partition coefficient (Wildman–Crippen LogP) is -1.31. The second-order valence-corrected chi connectivity index (χ2v) is 9.26. The van der Waals surface area contributed by atoms with Crippen LogP contribution in [0.4, 0.5) is 0 Å². The minimum Gasteiger partial charge on any atom is -0.508 e. The van der Waals surface area contributed by atoms with Crippen LogP contribution in [0.25, 0.3) is 0 Å². The highest BCUT2D eigenvalue weighted by molar-refractivity contribution is 5.96. The molecule has 0 aliphatic rings. The highest BCUT2D eigenvalue weighted by atomic mass is 16.4. The Morgan fingerprint density at radius 1 is 0.974 bits per heavy atom. The lowest BCUT2D eigenvalue weighted by Gasteiger charge is -2.27. The number of nitrogens with zero attached hydrogens (tertiary/aromatic N) is 1. The number of carboxylic acids is 1. The van der Waals surface area contributed by atoms with Gasteiger partial charge in [-0.1, -0.05) is 32.4 Å². The van der Waals surface area contributed by atoms with E-state index in [2.05, 4.69) is 25.9 Å². The number of imidazole rings is 1. The third-order valence-corrected chi connectivity index (χ3v) is 6.15. The molecule has 5 atom stereocenters. The number of phenols is 1. The molecule has 0 bridgehead atoms. The van der Waals surface area contributed by atoms with Gasteiger partial charge < -0.3 is 42.6 Å². The van der Waals surface area contributed by atoms with Crippen molar-refractivity contribution in [2.45, 2.75) is 63.7 Å². The molecular weight excluding hydrogens is 510 g/mol. The average Bonchev–Trinajstić information content (AvgIpc) is 3.39. The second kappa shape index (κ2) is 14.5. The lowest BCUT2D eigenvalue weighted by atomic mass is 9.96. The number of amides is 4. The molecule has 2 aromatic rings. The Balaban J connectivity index is 2.13. The number of phenolic OH excluding ortho intramolecular Hbond substituents is 1. The standard InChI is InChI=1S/C25H35N7O7/c1-3-13(2)21(32-22(35)17(26)8-14-4-6-16(33)7-5-14)24(37)30-18(10-20(27)34)23(36)31-19(25(38)39)9-15-11-28-12-29-15/h4-7,11-13,17-19,21,33H,3,8-10,26H2,1-2H3,(H2,27,34)(H,28,29)(H,30,37)(H,31,36)(H,32,35)(H,38,39). The minimum absolute atomic E-state index is 0.0656. The van der Waals surface area contributed by atoms with Gasteiger partial charge in [0.1, 0.15) is 23.9 Å². The monoisotopic (exact) mass is 545 g/mol. The molecular formula is C25H35N7O7. The number of nitrogens with two attached hydrogens (primary N) is 2. The number of carbonyl (C=O) groups excluding carboxylic acids is 4. The van der Waals surface area contributed by atoms with Gasteiger partial charge in [0, 0.05) is 18.3 Å². The van der Waals surface area contributed by atoms with E-state index >= 15 is 0 Å². The van der Waals surface area contributed by atoms with Crippen LogP contribution in [-0.2, 0) is 36.8 Å². The lowest BCUT2D eigenvalue weighted by molar-refractivity contribution is -0.142. The van der Waals surface area contributed by atoms with Crippen LogP contribution in [0.15, 0.2) is 36.8 Å². The summed E-state index contributed by atoms with van der Waals surface area (Å²) in [6.07, 6.45) is 2.64. The Kier molecular flexibility index (Phi) is 11.4. The summed E-state index contributed by atoms with van der Waals surface area (Å²) in [6.45, 7) is 3.51. The maximum atomic E-state index is 13.2. The SMILES string of the molecule is CCC(C)C(NC(=O)C(N)Cc1ccc(O)cc1)C(=O)NC(CC(N)=O)C(=O)NC(Cc1cnc[nH]1)C(=O)O. The smallest absolute Gasteiger partial charge is 0.326 e. The van der Waals surface area contributed by atoms with Crippen molar-refractivity contribution in [1.82, 2.24) is 25.9 Å². The van der Waals surface area contributed by atoms with Gasteiger partial charge in [0.15, 0.2) is 0 Å². The van der Waals surface area contributed by atoms with Crippen LogP contribution in [0.3, 0.4) is 0 Å². The van der Waals surface area contributed by atoms with E-state index in [4.69, 9.17) is 11.5 Å². The van der Waals surface area contributed by atoms with E-state index in [1.807, 2.05) is 0 Å². The molecule has 2 rings (SSSR count). The number of hydrogen-bond acceptors (Lipinski definition) is 8. The molecule has 0 saturated carbocycles. The van der Waals surface area contributed by atoms with Crippen LogP contribution >= 0.6 is 0 Å². The van der Waals surface area contributed by atoms with Crippen molar-refractivity contribution >= 4 is 29.6 Å². The zero-order chi connectivity index (χ0) is 29.1. The van der Waals surface area contributed by atoms with Gasteiger partial charge in [-0.25, -0.2) is 9.78 Å². The Labute approximate surface area is 224 Å². The van der Waals surface area contributed by atoms with E-state index < -0.39 is 60.2 Å². The molecule has 1 aromatic carbocycles. The highest BCUT2D eigenvalue weighted by Gasteiger charge is 2.33. The number of rotatable bonds is 15. The fourth-order valence-corrected chi connectivity index (χ4v) is 3.70. The second-order valence-electron chi connectivity index (χ2n) is 9.26. The summed E-state index contributed by atoms with van der Waals surface area (Å²) in [6, 6.07) is 1.15. The summed E-state index contributed by atoms with van der Waals surface area (Å²) in [5.74, 6) is -4.89. The largest absolute Gasteiger partial charge is 0.508 e. The zero-order valence-electron chi connectivity index (χ0n) is 21.7. The number of aromatic nitrogens is 2. The molecule has 212 valence electrons. The van der Waals surface area contributed by atoms with Gasteiger partial charge in [-0.05, 0) is 30.0 Å². The average molecular weight is 546 g/mol. The van der Waals surface area contributed by atoms with Crippen molar-refractivity contribution in [3.05, 3.63) is 48.0 Å². The van der Waals surface area contributed by atoms with Crippen molar-refractivity contribution in [1.29, 1.82) is 0 Å². The van der Waals surface area contributed by atoms with Crippen molar-refractivity contribution in [2.24, 2.45) is 17.4 Å². The lowest BCUT2D eigenvalue weighted by Crippen LogP contribution is -2.59. The molecule has 1 heterocycles. The Hall–Kier alpha value is -4.46. The quantitative estimate of drug-likeness (QED) is 0.132. The number of carboxylic acid groups (broad SMARTS) is 1. The molecule has 0 aliphatic heterocycles. The highest BCUT2D eigenvalue weighted by Crippen LogP contribution is 2.13. The molecule has 14 heteroatoms. The van der Waals surface area contributed by atoms with Crippen molar-refractivity contribution in [3.8, 4) is 5.75 Å². The van der Waals surface area contributed by atoms with Crippen LogP contribution in [0, 0.1) is 5.92 Å². The van der Waals surface area contributed by atoms with E-state index in [0.717, 1.165) is 0 Å². The molecule has 0 radical (unpaired) electrons. The van der Waals surface area contributed by atoms with Gasteiger partial charge in [0.2, 0.25) is 23.6 Å². The number of hydrogen-bond donors (Lipinski definition) is 8. The molecule has 5 unspecified atom stereocenters. The molecule has 0 fully saturated rings. The van der Waals surface area contributed by atoms with Gasteiger partial charge in [-0.15, -0.1) is 0 Å².